The Hall–Kier alpha value is -0.810. The Labute approximate surface area is 338 Å². The van der Waals surface area contributed by atoms with Crippen LogP contribution in [0.2, 0.25) is 0 Å². The minimum atomic E-state index is -1.23. The standard InChI is InChI=1S/C46H91NO8/c1-3-5-7-9-11-13-15-17-18-19-20-21-22-23-25-27-29-31-33-35-43(51)47-39(38-54-44-36-41(50)46(53)42(37-48)55-44)45(52)40(49)34-32-30-28-26-24-16-14-12-10-8-6-4-2/h39-42,44-46,48-50,52-53H,3-38H2,1-2H3,(H,47,51)/t39-,40+,41+,42+,44-,45-,46+/m0/s1. The highest BCUT2D eigenvalue weighted by molar-refractivity contribution is 5.76. The third-order valence-corrected chi connectivity index (χ3v) is 11.7. The van der Waals surface area contributed by atoms with E-state index in [4.69, 9.17) is 9.47 Å². The first kappa shape index (κ1) is 52.2. The number of rotatable bonds is 40. The van der Waals surface area contributed by atoms with Gasteiger partial charge in [-0.3, -0.25) is 4.79 Å². The number of hydrogen-bond donors (Lipinski definition) is 6. The highest BCUT2D eigenvalue weighted by Crippen LogP contribution is 2.22. The lowest BCUT2D eigenvalue weighted by atomic mass is 9.99. The molecule has 328 valence electrons. The van der Waals surface area contributed by atoms with Crippen LogP contribution >= 0.6 is 0 Å². The zero-order valence-electron chi connectivity index (χ0n) is 36.0. The normalized spacial score (nSPS) is 20.4. The van der Waals surface area contributed by atoms with Gasteiger partial charge in [0.15, 0.2) is 6.29 Å². The van der Waals surface area contributed by atoms with E-state index in [-0.39, 0.29) is 18.9 Å². The number of aliphatic hydroxyl groups is 5. The van der Waals surface area contributed by atoms with Gasteiger partial charge in [-0.15, -0.1) is 0 Å². The number of nitrogens with one attached hydrogen (secondary N) is 1. The van der Waals surface area contributed by atoms with Crippen molar-refractivity contribution in [3.05, 3.63) is 0 Å². The van der Waals surface area contributed by atoms with Crippen molar-refractivity contribution in [2.45, 2.75) is 275 Å². The second kappa shape index (κ2) is 37.5. The van der Waals surface area contributed by atoms with Crippen molar-refractivity contribution in [2.75, 3.05) is 13.2 Å². The fraction of sp³-hybridized carbons (Fsp3) is 0.978. The fourth-order valence-corrected chi connectivity index (χ4v) is 7.89. The molecule has 7 atom stereocenters. The summed E-state index contributed by atoms with van der Waals surface area (Å²) in [7, 11) is 0. The van der Waals surface area contributed by atoms with Crippen molar-refractivity contribution in [3.63, 3.8) is 0 Å². The van der Waals surface area contributed by atoms with Crippen LogP contribution < -0.4 is 5.32 Å². The van der Waals surface area contributed by atoms with Gasteiger partial charge in [-0.05, 0) is 12.8 Å². The van der Waals surface area contributed by atoms with Gasteiger partial charge in [-0.25, -0.2) is 0 Å². The summed E-state index contributed by atoms with van der Waals surface area (Å²) in [5.41, 5.74) is 0. The number of ether oxygens (including phenoxy) is 2. The maximum atomic E-state index is 13.0. The minimum absolute atomic E-state index is 0.00477. The SMILES string of the molecule is CCCCCCCCCCCCCCCCCCCCCC(=O)N[C@@H](CO[C@@H]1C[C@@H](O)[C@@H](O)[C@@H](CO)O1)[C@H](O)[C@H](O)CCCCCCCCCCCCCC. The van der Waals surface area contributed by atoms with Gasteiger partial charge in [0.1, 0.15) is 18.3 Å². The van der Waals surface area contributed by atoms with Gasteiger partial charge in [0.25, 0.3) is 0 Å². The molecule has 0 aromatic heterocycles. The van der Waals surface area contributed by atoms with Crippen LogP contribution in [0, 0.1) is 0 Å². The Morgan fingerprint density at radius 3 is 1.40 bits per heavy atom. The first-order valence-corrected chi connectivity index (χ1v) is 23.7. The summed E-state index contributed by atoms with van der Waals surface area (Å²) in [6.07, 6.45) is 33.5. The Kier molecular flexibility index (Phi) is 35.6. The Balaban J connectivity index is 2.29. The average molecular weight is 786 g/mol. The number of hydrogen-bond acceptors (Lipinski definition) is 8. The molecule has 9 nitrogen and oxygen atoms in total. The molecule has 1 heterocycles. The summed E-state index contributed by atoms with van der Waals surface area (Å²) >= 11 is 0. The van der Waals surface area contributed by atoms with Gasteiger partial charge in [0, 0.05) is 12.8 Å². The second-order valence-electron chi connectivity index (χ2n) is 16.9. The van der Waals surface area contributed by atoms with Crippen molar-refractivity contribution in [1.82, 2.24) is 5.32 Å². The molecule has 1 fully saturated rings. The molecule has 0 radical (unpaired) electrons. The van der Waals surface area contributed by atoms with Crippen LogP contribution in [0.5, 0.6) is 0 Å². The molecule has 0 spiro atoms. The first-order valence-electron chi connectivity index (χ1n) is 23.7. The fourth-order valence-electron chi connectivity index (χ4n) is 7.89. The molecule has 6 N–H and O–H groups in total. The van der Waals surface area contributed by atoms with E-state index in [9.17, 15) is 30.3 Å². The summed E-state index contributed by atoms with van der Waals surface area (Å²) in [6, 6.07) is -0.861. The lowest BCUT2D eigenvalue weighted by Gasteiger charge is -2.37. The molecule has 1 amide bonds. The quantitative estimate of drug-likeness (QED) is 0.0337. The van der Waals surface area contributed by atoms with Gasteiger partial charge in [0.05, 0.1) is 31.5 Å². The molecule has 0 aromatic rings. The molecule has 1 saturated heterocycles. The van der Waals surface area contributed by atoms with Crippen molar-refractivity contribution in [3.8, 4) is 0 Å². The number of carbonyl (C=O) groups excluding carboxylic acids is 1. The minimum Gasteiger partial charge on any atom is -0.394 e. The van der Waals surface area contributed by atoms with E-state index < -0.39 is 49.5 Å². The predicted octanol–water partition coefficient (Wildman–Crippen LogP) is 9.95. The third-order valence-electron chi connectivity index (χ3n) is 11.7. The predicted molar refractivity (Wildman–Crippen MR) is 226 cm³/mol. The van der Waals surface area contributed by atoms with E-state index in [2.05, 4.69) is 19.2 Å². The zero-order valence-corrected chi connectivity index (χ0v) is 36.0. The molecular weight excluding hydrogens is 695 g/mol. The van der Waals surface area contributed by atoms with Gasteiger partial charge in [0.2, 0.25) is 5.91 Å². The summed E-state index contributed by atoms with van der Waals surface area (Å²) in [4.78, 5) is 13.0. The van der Waals surface area contributed by atoms with Crippen LogP contribution in [0.4, 0.5) is 0 Å². The number of aliphatic hydroxyl groups excluding tert-OH is 5. The molecule has 1 aliphatic rings. The van der Waals surface area contributed by atoms with Gasteiger partial charge >= 0.3 is 0 Å². The van der Waals surface area contributed by atoms with Crippen molar-refractivity contribution < 1.29 is 39.8 Å². The molecule has 0 bridgehead atoms. The summed E-state index contributed by atoms with van der Waals surface area (Å²) in [6.45, 7) is 3.92. The van der Waals surface area contributed by atoms with Crippen LogP contribution in [-0.2, 0) is 14.3 Å². The topological polar surface area (TPSA) is 149 Å². The summed E-state index contributed by atoms with van der Waals surface area (Å²) in [5.74, 6) is -0.189. The van der Waals surface area contributed by atoms with E-state index in [1.54, 1.807) is 0 Å². The molecule has 0 unspecified atom stereocenters. The maximum absolute atomic E-state index is 13.0. The molecule has 1 rings (SSSR count). The number of unbranched alkanes of at least 4 members (excludes halogenated alkanes) is 29. The summed E-state index contributed by atoms with van der Waals surface area (Å²) in [5, 5.41) is 54.7. The first-order chi connectivity index (χ1) is 26.8. The van der Waals surface area contributed by atoms with E-state index in [0.29, 0.717) is 12.8 Å². The zero-order chi connectivity index (χ0) is 40.2. The van der Waals surface area contributed by atoms with E-state index in [0.717, 1.165) is 38.5 Å². The van der Waals surface area contributed by atoms with Crippen LogP contribution in [0.25, 0.3) is 0 Å². The van der Waals surface area contributed by atoms with Gasteiger partial charge in [-0.1, -0.05) is 206 Å². The molecule has 0 aliphatic carbocycles. The monoisotopic (exact) mass is 786 g/mol. The number of amides is 1. The number of carbonyl (C=O) groups is 1. The second-order valence-corrected chi connectivity index (χ2v) is 16.9. The van der Waals surface area contributed by atoms with Crippen LogP contribution in [0.3, 0.4) is 0 Å². The van der Waals surface area contributed by atoms with Crippen LogP contribution in [0.1, 0.15) is 232 Å². The van der Waals surface area contributed by atoms with Crippen molar-refractivity contribution in [1.29, 1.82) is 0 Å². The third kappa shape index (κ3) is 29.1. The van der Waals surface area contributed by atoms with E-state index in [1.165, 1.54) is 161 Å². The maximum Gasteiger partial charge on any atom is 0.220 e. The average Bonchev–Trinajstić information content (AvgIpc) is 3.18. The largest absolute Gasteiger partial charge is 0.394 e. The molecule has 1 aliphatic heterocycles. The van der Waals surface area contributed by atoms with E-state index >= 15 is 0 Å². The molecule has 0 aromatic carbocycles. The molecule has 0 saturated carbocycles. The molecular formula is C46H91NO8. The Morgan fingerprint density at radius 1 is 0.618 bits per heavy atom. The summed E-state index contributed by atoms with van der Waals surface area (Å²) < 4.78 is 11.4. The lowest BCUT2D eigenvalue weighted by Crippen LogP contribution is -2.54. The highest BCUT2D eigenvalue weighted by Gasteiger charge is 2.38. The highest BCUT2D eigenvalue weighted by atomic mass is 16.7. The van der Waals surface area contributed by atoms with Crippen molar-refractivity contribution in [2.24, 2.45) is 0 Å². The van der Waals surface area contributed by atoms with Gasteiger partial charge in [-0.2, -0.15) is 0 Å². The Bertz CT molecular complexity index is 834. The van der Waals surface area contributed by atoms with E-state index in [1.807, 2.05) is 0 Å². The molecule has 55 heavy (non-hydrogen) atoms. The molecule has 9 heteroatoms. The lowest BCUT2D eigenvalue weighted by molar-refractivity contribution is -0.259. The van der Waals surface area contributed by atoms with Gasteiger partial charge < -0.3 is 40.3 Å². The van der Waals surface area contributed by atoms with Crippen LogP contribution in [-0.4, -0.2) is 87.5 Å². The Morgan fingerprint density at radius 2 is 1.00 bits per heavy atom. The smallest absolute Gasteiger partial charge is 0.220 e. The van der Waals surface area contributed by atoms with Crippen LogP contribution in [0.15, 0.2) is 0 Å². The van der Waals surface area contributed by atoms with Crippen molar-refractivity contribution >= 4 is 5.91 Å².